The molecule has 2 aliphatic heterocycles. The number of piperidine rings is 1. The largest absolute Gasteiger partial charge is 0.497 e. The van der Waals surface area contributed by atoms with Gasteiger partial charge in [0.25, 0.3) is 0 Å². The Hall–Kier alpha value is -3.76. The number of sulfonamides is 2. The van der Waals surface area contributed by atoms with Crippen LogP contribution in [0.4, 0.5) is 0 Å². The Morgan fingerprint density at radius 1 is 0.586 bits per heavy atom. The number of hydrogen-bond acceptors (Lipinski definition) is 5. The quantitative estimate of drug-likeness (QED) is 0.158. The molecule has 9 heteroatoms. The Balaban J connectivity index is 1.00. The van der Waals surface area contributed by atoms with Gasteiger partial charge in [-0.1, -0.05) is 96.1 Å². The van der Waals surface area contributed by atoms with Gasteiger partial charge in [-0.3, -0.25) is 0 Å². The molecule has 6 aliphatic carbocycles. The molecule has 300 valence electrons. The molecule has 0 spiro atoms. The van der Waals surface area contributed by atoms with Crippen LogP contribution in [-0.4, -0.2) is 44.6 Å². The highest BCUT2D eigenvalue weighted by atomic mass is 32.2. The first-order valence-electron chi connectivity index (χ1n) is 21.7. The van der Waals surface area contributed by atoms with Crippen LogP contribution in [0.3, 0.4) is 0 Å². The van der Waals surface area contributed by atoms with Crippen LogP contribution in [0.5, 0.6) is 0 Å². The van der Waals surface area contributed by atoms with E-state index in [0.29, 0.717) is 13.0 Å². The Morgan fingerprint density at radius 2 is 1.09 bits per heavy atom. The number of aryl methyl sites for hydroxylation is 2. The fraction of sp³-hybridized carbons (Fsp3) is 0.469. The topological polar surface area (TPSA) is 84.0 Å². The maximum Gasteiger partial charge on any atom is 0.244 e. The number of fused-ring (bicyclic) bond motifs is 14. The Labute approximate surface area is 343 Å². The molecule has 11 atom stereocenters. The average molecular weight is 813 g/mol. The third-order valence-corrected chi connectivity index (χ3v) is 21.0. The van der Waals surface area contributed by atoms with Crippen LogP contribution >= 0.6 is 0 Å². The zero-order valence-corrected chi connectivity index (χ0v) is 34.9. The van der Waals surface area contributed by atoms with E-state index in [1.54, 1.807) is 32.9 Å². The maximum atomic E-state index is 15.3. The van der Waals surface area contributed by atoms with E-state index in [-0.39, 0.29) is 28.2 Å². The zero-order valence-electron chi connectivity index (χ0n) is 33.2. The average Bonchev–Trinajstić information content (AvgIpc) is 3.21. The molecule has 58 heavy (non-hydrogen) atoms. The molecule has 0 bridgehead atoms. The molecule has 0 amide bonds. The van der Waals surface area contributed by atoms with Gasteiger partial charge in [-0.15, -0.1) is 0 Å². The molecule has 4 aromatic rings. The summed E-state index contributed by atoms with van der Waals surface area (Å²) in [5.41, 5.74) is 4.75. The zero-order chi connectivity index (χ0) is 39.3. The van der Waals surface area contributed by atoms with Crippen LogP contribution in [0.2, 0.25) is 0 Å². The minimum atomic E-state index is -4.07. The molecule has 2 heterocycles. The van der Waals surface area contributed by atoms with Crippen molar-refractivity contribution in [3.05, 3.63) is 143 Å². The van der Waals surface area contributed by atoms with Gasteiger partial charge in [0.1, 0.15) is 5.76 Å². The standard InChI is InChI=1S/C49H52N2O5S2/c1-29-13-17-33(18-14-29)57(52,53)50-27-39-42(25-40(50)31-9-5-3-6-10-31)51(58(54,55)34-19-15-30(2)16-20-34)41(32-11-7-4-8-12-32)26-43(39)56-28-49-46-37-23-21-35(37)44(46)48(49)45-36-22-24-38(36)47(45)49/h3-20,35-38,40-42,44-48H,21-28H2,1-2H3. The van der Waals surface area contributed by atoms with Crippen molar-refractivity contribution in [3.8, 4) is 0 Å². The van der Waals surface area contributed by atoms with E-state index in [1.165, 1.54) is 25.7 Å². The highest BCUT2D eigenvalue weighted by Gasteiger charge is 2.90. The van der Waals surface area contributed by atoms with Crippen LogP contribution in [0.25, 0.3) is 0 Å². The lowest BCUT2D eigenvalue weighted by Gasteiger charge is -2.93. The Morgan fingerprint density at radius 3 is 1.60 bits per heavy atom. The first-order chi connectivity index (χ1) is 28.1. The van der Waals surface area contributed by atoms with Crippen molar-refractivity contribution in [2.75, 3.05) is 13.2 Å². The van der Waals surface area contributed by atoms with Gasteiger partial charge >= 0.3 is 0 Å². The highest BCUT2D eigenvalue weighted by molar-refractivity contribution is 7.89. The minimum absolute atomic E-state index is 0.0567. The number of benzene rings is 4. The first kappa shape index (κ1) is 36.1. The molecule has 6 saturated carbocycles. The molecular weight excluding hydrogens is 761 g/mol. The summed E-state index contributed by atoms with van der Waals surface area (Å²) in [6.45, 7) is 4.66. The second kappa shape index (κ2) is 12.6. The van der Waals surface area contributed by atoms with Crippen LogP contribution in [0, 0.1) is 72.5 Å². The molecule has 8 aliphatic rings. The lowest BCUT2D eigenvalue weighted by atomic mass is 9.11. The van der Waals surface area contributed by atoms with Gasteiger partial charge < -0.3 is 4.74 Å². The molecule has 12 rings (SSSR count). The number of ether oxygens (including phenoxy) is 1. The lowest BCUT2D eigenvalue weighted by Crippen LogP contribution is -2.90. The van der Waals surface area contributed by atoms with Gasteiger partial charge in [0.2, 0.25) is 20.0 Å². The van der Waals surface area contributed by atoms with Gasteiger partial charge in [0.05, 0.1) is 34.5 Å². The molecule has 0 radical (unpaired) electrons. The van der Waals surface area contributed by atoms with Crippen LogP contribution in [0.1, 0.15) is 72.9 Å². The summed E-state index contributed by atoms with van der Waals surface area (Å²) in [6, 6.07) is 32.3. The van der Waals surface area contributed by atoms with Crippen molar-refractivity contribution < 1.29 is 21.6 Å². The Bertz CT molecular complexity index is 2510. The van der Waals surface area contributed by atoms with Crippen molar-refractivity contribution in [2.24, 2.45) is 58.7 Å². The molecule has 0 N–H and O–H groups in total. The molecular formula is C49H52N2O5S2. The van der Waals surface area contributed by atoms with E-state index in [2.05, 4.69) is 0 Å². The van der Waals surface area contributed by atoms with E-state index in [0.717, 1.165) is 86.8 Å². The smallest absolute Gasteiger partial charge is 0.244 e. The molecule has 4 aromatic carbocycles. The van der Waals surface area contributed by atoms with E-state index in [1.807, 2.05) is 98.8 Å². The second-order valence-electron chi connectivity index (χ2n) is 19.2. The van der Waals surface area contributed by atoms with Gasteiger partial charge in [0.15, 0.2) is 0 Å². The van der Waals surface area contributed by atoms with Crippen LogP contribution < -0.4 is 0 Å². The SMILES string of the molecule is Cc1ccc(S(=O)(=O)N2CC3=C(OCC45C6C7CCC7C6C4C4C6CCC6C45)CC(c4ccccc4)N(S(=O)(=O)c4ccc(C)cc4)C3CC2c2ccccc2)cc1. The van der Waals surface area contributed by atoms with Crippen LogP contribution in [-0.2, 0) is 24.8 Å². The fourth-order valence-electron chi connectivity index (χ4n) is 14.5. The monoisotopic (exact) mass is 812 g/mol. The third kappa shape index (κ3) is 4.73. The van der Waals surface area contributed by atoms with Gasteiger partial charge in [-0.25, -0.2) is 16.8 Å². The summed E-state index contributed by atoms with van der Waals surface area (Å²) in [5.74, 6) is 8.43. The molecule has 11 unspecified atom stereocenters. The maximum absolute atomic E-state index is 15.3. The third-order valence-electron chi connectivity index (χ3n) is 17.2. The summed E-state index contributed by atoms with van der Waals surface area (Å²) in [5, 5.41) is 0. The molecule has 1 saturated heterocycles. The predicted molar refractivity (Wildman–Crippen MR) is 222 cm³/mol. The lowest BCUT2D eigenvalue weighted by molar-refractivity contribution is -0.469. The van der Waals surface area contributed by atoms with Crippen molar-refractivity contribution in [2.45, 2.75) is 80.3 Å². The van der Waals surface area contributed by atoms with Crippen molar-refractivity contribution in [1.29, 1.82) is 0 Å². The van der Waals surface area contributed by atoms with Gasteiger partial charge in [-0.2, -0.15) is 8.61 Å². The normalized spacial score (nSPS) is 38.2. The fourth-order valence-corrected chi connectivity index (χ4v) is 17.9. The van der Waals surface area contributed by atoms with Crippen molar-refractivity contribution in [3.63, 3.8) is 0 Å². The van der Waals surface area contributed by atoms with Crippen molar-refractivity contribution >= 4 is 20.0 Å². The van der Waals surface area contributed by atoms with E-state index < -0.39 is 38.2 Å². The molecule has 7 nitrogen and oxygen atoms in total. The highest BCUT2D eigenvalue weighted by Crippen LogP contribution is 2.92. The van der Waals surface area contributed by atoms with E-state index in [9.17, 15) is 8.42 Å². The summed E-state index contributed by atoms with van der Waals surface area (Å²) in [4.78, 5) is 0.488. The molecule has 7 fully saturated rings. The minimum Gasteiger partial charge on any atom is -0.497 e. The van der Waals surface area contributed by atoms with Gasteiger partial charge in [-0.05, 0) is 135 Å². The van der Waals surface area contributed by atoms with E-state index in [4.69, 9.17) is 4.74 Å². The van der Waals surface area contributed by atoms with Crippen molar-refractivity contribution in [1.82, 2.24) is 8.61 Å². The number of rotatable bonds is 9. The van der Waals surface area contributed by atoms with Gasteiger partial charge in [0, 0.05) is 24.0 Å². The number of hydrogen-bond donors (Lipinski definition) is 0. The molecule has 0 aromatic heterocycles. The van der Waals surface area contributed by atoms with E-state index >= 15 is 8.42 Å². The summed E-state index contributed by atoms with van der Waals surface area (Å²) in [7, 11) is -8.08. The summed E-state index contributed by atoms with van der Waals surface area (Å²) >= 11 is 0. The summed E-state index contributed by atoms with van der Waals surface area (Å²) in [6.07, 6.45) is 6.14. The Kier molecular flexibility index (Phi) is 7.87. The predicted octanol–water partition coefficient (Wildman–Crippen LogP) is 9.09. The first-order valence-corrected chi connectivity index (χ1v) is 24.6. The summed E-state index contributed by atoms with van der Waals surface area (Å²) < 4.78 is 71.3. The number of nitrogens with zero attached hydrogens (tertiary/aromatic N) is 2. The van der Waals surface area contributed by atoms with Crippen LogP contribution in [0.15, 0.2) is 130 Å². The second-order valence-corrected chi connectivity index (χ2v) is 22.9.